The van der Waals surface area contributed by atoms with Crippen LogP contribution in [0, 0.1) is 0 Å². The minimum absolute atomic E-state index is 0.767. The first-order valence-electron chi connectivity index (χ1n) is 9.47. The van der Waals surface area contributed by atoms with Crippen LogP contribution in [0.3, 0.4) is 0 Å². The fourth-order valence-corrected chi connectivity index (χ4v) is 3.24. The predicted octanol–water partition coefficient (Wildman–Crippen LogP) is 3.54. The summed E-state index contributed by atoms with van der Waals surface area (Å²) in [7, 11) is 1.78. The van der Waals surface area contributed by atoms with Gasteiger partial charge in [-0.2, -0.15) is 0 Å². The maximum atomic E-state index is 6.03. The molecule has 0 spiro atoms. The number of guanidine groups is 1. The van der Waals surface area contributed by atoms with Crippen molar-refractivity contribution in [3.05, 3.63) is 89.0 Å². The van der Waals surface area contributed by atoms with Crippen LogP contribution in [0.15, 0.2) is 72.0 Å². The lowest BCUT2D eigenvalue weighted by Crippen LogP contribution is -2.39. The molecule has 0 saturated carbocycles. The van der Waals surface area contributed by atoms with Crippen LogP contribution in [0.1, 0.15) is 17.0 Å². The maximum Gasteiger partial charge on any atom is 0.191 e. The summed E-state index contributed by atoms with van der Waals surface area (Å²) in [5, 5.41) is 7.47. The Hall–Kier alpha value is -2.79. The summed E-state index contributed by atoms with van der Waals surface area (Å²) >= 11 is 6.03. The van der Waals surface area contributed by atoms with Gasteiger partial charge in [-0.1, -0.05) is 54.1 Å². The van der Waals surface area contributed by atoms with E-state index in [0.29, 0.717) is 0 Å². The largest absolute Gasteiger partial charge is 0.356 e. The SMILES string of the molecule is CN=C(NCCc1cccc(Cl)c1)NCCc1nccn1Cc1ccccc1. The van der Waals surface area contributed by atoms with Crippen molar-refractivity contribution in [3.63, 3.8) is 0 Å². The van der Waals surface area contributed by atoms with Gasteiger partial charge in [0.25, 0.3) is 0 Å². The van der Waals surface area contributed by atoms with Crippen molar-refractivity contribution < 1.29 is 0 Å². The Morgan fingerprint density at radius 2 is 1.75 bits per heavy atom. The average Bonchev–Trinajstić information content (AvgIpc) is 3.14. The number of hydrogen-bond acceptors (Lipinski definition) is 2. The van der Waals surface area contributed by atoms with Crippen molar-refractivity contribution in [2.45, 2.75) is 19.4 Å². The lowest BCUT2D eigenvalue weighted by atomic mass is 10.1. The van der Waals surface area contributed by atoms with Gasteiger partial charge in [-0.15, -0.1) is 0 Å². The molecule has 0 aliphatic rings. The molecule has 0 atom stereocenters. The molecular formula is C22H26ClN5. The molecule has 0 saturated heterocycles. The normalized spacial score (nSPS) is 11.4. The maximum absolute atomic E-state index is 6.03. The number of nitrogens with one attached hydrogen (secondary N) is 2. The standard InChI is InChI=1S/C22H26ClN5/c1-24-22(26-12-10-18-8-5-9-20(23)16-18)27-13-11-21-25-14-15-28(21)17-19-6-3-2-4-7-19/h2-9,14-16H,10-13,17H2,1H3,(H2,24,26,27). The molecule has 0 aliphatic carbocycles. The second-order valence-electron chi connectivity index (χ2n) is 6.51. The van der Waals surface area contributed by atoms with E-state index in [4.69, 9.17) is 11.6 Å². The molecule has 3 rings (SSSR count). The highest BCUT2D eigenvalue weighted by Gasteiger charge is 2.05. The molecule has 28 heavy (non-hydrogen) atoms. The number of aromatic nitrogens is 2. The quantitative estimate of drug-likeness (QED) is 0.453. The number of benzene rings is 2. The first-order valence-corrected chi connectivity index (χ1v) is 9.85. The van der Waals surface area contributed by atoms with Crippen molar-refractivity contribution >= 4 is 17.6 Å². The summed E-state index contributed by atoms with van der Waals surface area (Å²) in [6.45, 7) is 2.40. The van der Waals surface area contributed by atoms with Crippen molar-refractivity contribution in [1.82, 2.24) is 20.2 Å². The second kappa shape index (κ2) is 10.5. The smallest absolute Gasteiger partial charge is 0.191 e. The molecule has 0 bridgehead atoms. The highest BCUT2D eigenvalue weighted by Crippen LogP contribution is 2.10. The molecule has 0 amide bonds. The predicted molar refractivity (Wildman–Crippen MR) is 116 cm³/mol. The molecule has 1 heterocycles. The number of halogens is 1. The number of aliphatic imine (C=N–C) groups is 1. The van der Waals surface area contributed by atoms with E-state index < -0.39 is 0 Å². The van der Waals surface area contributed by atoms with Gasteiger partial charge in [-0.3, -0.25) is 4.99 Å². The molecule has 3 aromatic rings. The Kier molecular flexibility index (Phi) is 7.50. The van der Waals surface area contributed by atoms with Crippen LogP contribution < -0.4 is 10.6 Å². The first kappa shape index (κ1) is 20.0. The summed E-state index contributed by atoms with van der Waals surface area (Å²) in [6.07, 6.45) is 5.61. The van der Waals surface area contributed by atoms with Crippen LogP contribution in [0.5, 0.6) is 0 Å². The van der Waals surface area contributed by atoms with Crippen LogP contribution in [0.25, 0.3) is 0 Å². The van der Waals surface area contributed by atoms with Crippen LogP contribution in [0.4, 0.5) is 0 Å². The van der Waals surface area contributed by atoms with Crippen molar-refractivity contribution in [2.24, 2.45) is 4.99 Å². The van der Waals surface area contributed by atoms with Gasteiger partial charge in [0, 0.05) is 50.5 Å². The molecule has 0 aliphatic heterocycles. The molecule has 0 radical (unpaired) electrons. The van der Waals surface area contributed by atoms with Gasteiger partial charge in [-0.25, -0.2) is 4.98 Å². The third-order valence-corrected chi connectivity index (χ3v) is 4.69. The third-order valence-electron chi connectivity index (χ3n) is 4.46. The molecule has 2 aromatic carbocycles. The first-order chi connectivity index (χ1) is 13.7. The highest BCUT2D eigenvalue weighted by atomic mass is 35.5. The van der Waals surface area contributed by atoms with Crippen molar-refractivity contribution in [1.29, 1.82) is 0 Å². The second-order valence-corrected chi connectivity index (χ2v) is 6.95. The minimum atomic E-state index is 0.767. The Balaban J connectivity index is 1.43. The Bertz CT molecular complexity index is 889. The molecule has 146 valence electrons. The van der Waals surface area contributed by atoms with Gasteiger partial charge in [0.1, 0.15) is 5.82 Å². The highest BCUT2D eigenvalue weighted by molar-refractivity contribution is 6.30. The number of nitrogens with zero attached hydrogens (tertiary/aromatic N) is 3. The summed E-state index contributed by atoms with van der Waals surface area (Å²) < 4.78 is 2.19. The van der Waals surface area contributed by atoms with Gasteiger partial charge < -0.3 is 15.2 Å². The molecule has 6 heteroatoms. The number of rotatable bonds is 8. The molecule has 5 nitrogen and oxygen atoms in total. The number of imidazole rings is 1. The Morgan fingerprint density at radius 1 is 1.00 bits per heavy atom. The zero-order chi connectivity index (χ0) is 19.6. The third kappa shape index (κ3) is 6.13. The van der Waals surface area contributed by atoms with Crippen LogP contribution >= 0.6 is 11.6 Å². The van der Waals surface area contributed by atoms with E-state index in [1.165, 1.54) is 11.1 Å². The lowest BCUT2D eigenvalue weighted by Gasteiger charge is -2.13. The molecule has 0 unspecified atom stereocenters. The summed E-state index contributed by atoms with van der Waals surface area (Å²) in [4.78, 5) is 8.78. The van der Waals surface area contributed by atoms with E-state index in [9.17, 15) is 0 Å². The summed E-state index contributed by atoms with van der Waals surface area (Å²) in [5.41, 5.74) is 2.48. The van der Waals surface area contributed by atoms with Crippen LogP contribution in [0.2, 0.25) is 5.02 Å². The van der Waals surface area contributed by atoms with E-state index in [-0.39, 0.29) is 0 Å². The van der Waals surface area contributed by atoms with Gasteiger partial charge in [0.2, 0.25) is 0 Å². The fraction of sp³-hybridized carbons (Fsp3) is 0.273. The zero-order valence-corrected chi connectivity index (χ0v) is 16.9. The van der Waals surface area contributed by atoms with Gasteiger partial charge >= 0.3 is 0 Å². The topological polar surface area (TPSA) is 54.2 Å². The lowest BCUT2D eigenvalue weighted by molar-refractivity contribution is 0.693. The van der Waals surface area contributed by atoms with E-state index in [1.807, 2.05) is 36.7 Å². The van der Waals surface area contributed by atoms with Gasteiger partial charge in [0.15, 0.2) is 5.96 Å². The Labute approximate surface area is 171 Å². The molecular weight excluding hydrogens is 370 g/mol. The Morgan fingerprint density at radius 3 is 2.50 bits per heavy atom. The zero-order valence-electron chi connectivity index (χ0n) is 16.1. The molecule has 1 aromatic heterocycles. The monoisotopic (exact) mass is 395 g/mol. The van der Waals surface area contributed by atoms with E-state index in [1.54, 1.807) is 7.05 Å². The van der Waals surface area contributed by atoms with Gasteiger partial charge in [0.05, 0.1) is 0 Å². The van der Waals surface area contributed by atoms with E-state index >= 15 is 0 Å². The molecule has 2 N–H and O–H groups in total. The van der Waals surface area contributed by atoms with Crippen LogP contribution in [-0.4, -0.2) is 35.6 Å². The van der Waals surface area contributed by atoms with E-state index in [2.05, 4.69) is 55.5 Å². The average molecular weight is 396 g/mol. The van der Waals surface area contributed by atoms with Crippen molar-refractivity contribution in [3.8, 4) is 0 Å². The fourth-order valence-electron chi connectivity index (χ4n) is 3.02. The van der Waals surface area contributed by atoms with Crippen LogP contribution in [-0.2, 0) is 19.4 Å². The number of hydrogen-bond donors (Lipinski definition) is 2. The van der Waals surface area contributed by atoms with Gasteiger partial charge in [-0.05, 0) is 29.7 Å². The summed E-state index contributed by atoms with van der Waals surface area (Å²) in [5.74, 6) is 1.86. The summed E-state index contributed by atoms with van der Waals surface area (Å²) in [6, 6.07) is 18.4. The van der Waals surface area contributed by atoms with Crippen molar-refractivity contribution in [2.75, 3.05) is 20.1 Å². The van der Waals surface area contributed by atoms with E-state index in [0.717, 1.165) is 49.3 Å². The molecule has 0 fully saturated rings. The minimum Gasteiger partial charge on any atom is -0.356 e.